The lowest BCUT2D eigenvalue weighted by atomic mass is 10.1. The third kappa shape index (κ3) is 3.37. The van der Waals surface area contributed by atoms with Crippen molar-refractivity contribution >= 4 is 28.3 Å². The maximum absolute atomic E-state index is 13.0. The molecule has 1 atom stereocenters. The van der Waals surface area contributed by atoms with Gasteiger partial charge in [0, 0.05) is 30.1 Å². The van der Waals surface area contributed by atoms with Crippen LogP contribution in [0.4, 0.5) is 5.13 Å². The van der Waals surface area contributed by atoms with E-state index in [9.17, 15) is 9.59 Å². The Kier molecular flexibility index (Phi) is 4.75. The van der Waals surface area contributed by atoms with E-state index in [1.54, 1.807) is 34.7 Å². The van der Waals surface area contributed by atoms with Crippen LogP contribution in [0.1, 0.15) is 29.6 Å². The fourth-order valence-corrected chi connectivity index (χ4v) is 3.75. The summed E-state index contributed by atoms with van der Waals surface area (Å²) in [7, 11) is 0. The van der Waals surface area contributed by atoms with Crippen LogP contribution in [0.25, 0.3) is 0 Å². The molecule has 26 heavy (non-hydrogen) atoms. The van der Waals surface area contributed by atoms with E-state index in [4.69, 9.17) is 9.47 Å². The van der Waals surface area contributed by atoms with Crippen molar-refractivity contribution in [3.05, 3.63) is 35.3 Å². The second-order valence-electron chi connectivity index (χ2n) is 6.20. The van der Waals surface area contributed by atoms with Crippen LogP contribution in [0.15, 0.2) is 29.8 Å². The molecular formula is C18H19N3O4S. The van der Waals surface area contributed by atoms with Crippen molar-refractivity contribution < 1.29 is 19.1 Å². The molecule has 0 saturated carbocycles. The van der Waals surface area contributed by atoms with Gasteiger partial charge in [-0.05, 0) is 31.0 Å². The molecule has 0 spiro atoms. The summed E-state index contributed by atoms with van der Waals surface area (Å²) in [4.78, 5) is 31.2. The summed E-state index contributed by atoms with van der Waals surface area (Å²) in [5.41, 5.74) is 0.503. The number of amides is 2. The summed E-state index contributed by atoms with van der Waals surface area (Å²) in [6.07, 6.45) is 3.89. The maximum Gasteiger partial charge on any atom is 0.254 e. The number of hydrogen-bond donors (Lipinski definition) is 1. The number of rotatable bonds is 3. The second-order valence-corrected chi connectivity index (χ2v) is 7.09. The molecule has 2 amide bonds. The number of aromatic nitrogens is 1. The van der Waals surface area contributed by atoms with Gasteiger partial charge in [-0.3, -0.25) is 9.59 Å². The minimum atomic E-state index is -0.484. The van der Waals surface area contributed by atoms with Gasteiger partial charge in [-0.15, -0.1) is 11.3 Å². The molecule has 136 valence electrons. The Bertz CT molecular complexity index is 809. The number of benzene rings is 1. The molecular weight excluding hydrogens is 354 g/mol. The van der Waals surface area contributed by atoms with E-state index >= 15 is 0 Å². The molecule has 0 aliphatic carbocycles. The fraction of sp³-hybridized carbons (Fsp3) is 0.389. The van der Waals surface area contributed by atoms with E-state index in [1.165, 1.54) is 11.3 Å². The van der Waals surface area contributed by atoms with Crippen LogP contribution in [-0.4, -0.2) is 47.5 Å². The molecule has 3 heterocycles. The third-order valence-corrected chi connectivity index (χ3v) is 5.16. The molecule has 0 radical (unpaired) electrons. The number of nitrogens with zero attached hydrogens (tertiary/aromatic N) is 2. The average Bonchev–Trinajstić information content (AvgIpc) is 3.28. The number of thiazole rings is 1. The van der Waals surface area contributed by atoms with E-state index in [2.05, 4.69) is 10.3 Å². The minimum Gasteiger partial charge on any atom is -0.490 e. The number of carbonyl (C=O) groups excluding carboxylic acids is 2. The zero-order chi connectivity index (χ0) is 17.9. The molecule has 8 heteroatoms. The van der Waals surface area contributed by atoms with Crippen molar-refractivity contribution in [3.63, 3.8) is 0 Å². The van der Waals surface area contributed by atoms with Crippen LogP contribution in [-0.2, 0) is 4.79 Å². The lowest BCUT2D eigenvalue weighted by Gasteiger charge is -2.24. The molecule has 2 aliphatic heterocycles. The van der Waals surface area contributed by atoms with E-state index in [-0.39, 0.29) is 11.8 Å². The number of fused-ring (bicyclic) bond motifs is 1. The highest BCUT2D eigenvalue weighted by Crippen LogP contribution is 2.32. The largest absolute Gasteiger partial charge is 0.490 e. The molecule has 4 rings (SSSR count). The second kappa shape index (κ2) is 7.33. The van der Waals surface area contributed by atoms with Gasteiger partial charge >= 0.3 is 0 Å². The molecule has 0 bridgehead atoms. The van der Waals surface area contributed by atoms with Gasteiger partial charge in [0.05, 0.1) is 13.2 Å². The Morgan fingerprint density at radius 1 is 1.19 bits per heavy atom. The molecule has 1 N–H and O–H groups in total. The quantitative estimate of drug-likeness (QED) is 0.894. The predicted octanol–water partition coefficient (Wildman–Crippen LogP) is 2.55. The Hall–Kier alpha value is -2.61. The van der Waals surface area contributed by atoms with E-state index in [0.717, 1.165) is 12.8 Å². The molecule has 1 aromatic heterocycles. The van der Waals surface area contributed by atoms with Crippen molar-refractivity contribution in [3.8, 4) is 11.5 Å². The molecule has 1 saturated heterocycles. The third-order valence-electron chi connectivity index (χ3n) is 4.47. The van der Waals surface area contributed by atoms with Crippen LogP contribution >= 0.6 is 11.3 Å². The maximum atomic E-state index is 13.0. The van der Waals surface area contributed by atoms with Gasteiger partial charge in [0.2, 0.25) is 5.91 Å². The molecule has 1 fully saturated rings. The van der Waals surface area contributed by atoms with E-state index < -0.39 is 6.04 Å². The summed E-state index contributed by atoms with van der Waals surface area (Å²) in [6, 6.07) is 4.71. The normalized spacial score (nSPS) is 19.1. The van der Waals surface area contributed by atoms with E-state index in [1.807, 2.05) is 0 Å². The van der Waals surface area contributed by atoms with Gasteiger partial charge in [-0.25, -0.2) is 4.98 Å². The number of anilines is 1. The average molecular weight is 373 g/mol. The van der Waals surface area contributed by atoms with Crippen molar-refractivity contribution in [2.75, 3.05) is 25.1 Å². The summed E-state index contributed by atoms with van der Waals surface area (Å²) >= 11 is 1.36. The van der Waals surface area contributed by atoms with Gasteiger partial charge in [0.1, 0.15) is 6.04 Å². The number of hydrogen-bond acceptors (Lipinski definition) is 6. The van der Waals surface area contributed by atoms with Crippen LogP contribution in [0.3, 0.4) is 0 Å². The Labute approximate surface area is 154 Å². The lowest BCUT2D eigenvalue weighted by molar-refractivity contribution is -0.119. The van der Waals surface area contributed by atoms with Crippen LogP contribution in [0, 0.1) is 0 Å². The lowest BCUT2D eigenvalue weighted by Crippen LogP contribution is -2.43. The highest BCUT2D eigenvalue weighted by atomic mass is 32.1. The zero-order valence-electron chi connectivity index (χ0n) is 14.1. The minimum absolute atomic E-state index is 0.169. The van der Waals surface area contributed by atoms with E-state index in [0.29, 0.717) is 48.4 Å². The van der Waals surface area contributed by atoms with Crippen molar-refractivity contribution in [1.29, 1.82) is 0 Å². The number of ether oxygens (including phenoxy) is 2. The first kappa shape index (κ1) is 16.8. The standard InChI is InChI=1S/C18H19N3O4S/c22-16(20-18-19-6-10-26-18)13-3-1-7-21(13)17(23)12-4-5-14-15(11-12)25-9-2-8-24-14/h4-6,10-11,13H,1-3,7-9H2,(H,19,20,22). The molecule has 2 aliphatic rings. The first-order valence-electron chi connectivity index (χ1n) is 8.63. The Morgan fingerprint density at radius 3 is 2.85 bits per heavy atom. The monoisotopic (exact) mass is 373 g/mol. The smallest absolute Gasteiger partial charge is 0.254 e. The summed E-state index contributed by atoms with van der Waals surface area (Å²) in [5, 5.41) is 5.13. The molecule has 2 aromatic rings. The molecule has 1 unspecified atom stereocenters. The van der Waals surface area contributed by atoms with Gasteiger partial charge in [-0.1, -0.05) is 0 Å². The predicted molar refractivity (Wildman–Crippen MR) is 96.9 cm³/mol. The van der Waals surface area contributed by atoms with Crippen molar-refractivity contribution in [2.24, 2.45) is 0 Å². The van der Waals surface area contributed by atoms with Gasteiger partial charge in [0.15, 0.2) is 16.6 Å². The van der Waals surface area contributed by atoms with Crippen molar-refractivity contribution in [1.82, 2.24) is 9.88 Å². The topological polar surface area (TPSA) is 80.8 Å². The number of likely N-dealkylation sites (tertiary alicyclic amines) is 1. The summed E-state index contributed by atoms with van der Waals surface area (Å²) in [5.74, 6) is 0.868. The first-order valence-corrected chi connectivity index (χ1v) is 9.51. The van der Waals surface area contributed by atoms with Crippen LogP contribution < -0.4 is 14.8 Å². The zero-order valence-corrected chi connectivity index (χ0v) is 15.0. The van der Waals surface area contributed by atoms with Crippen molar-refractivity contribution in [2.45, 2.75) is 25.3 Å². The number of carbonyl (C=O) groups is 2. The highest BCUT2D eigenvalue weighted by Gasteiger charge is 2.35. The fourth-order valence-electron chi connectivity index (χ4n) is 3.22. The number of nitrogens with one attached hydrogen (secondary N) is 1. The van der Waals surface area contributed by atoms with Crippen LogP contribution in [0.2, 0.25) is 0 Å². The van der Waals surface area contributed by atoms with Gasteiger partial charge in [-0.2, -0.15) is 0 Å². The molecule has 7 nitrogen and oxygen atoms in total. The van der Waals surface area contributed by atoms with Gasteiger partial charge < -0.3 is 19.7 Å². The summed E-state index contributed by atoms with van der Waals surface area (Å²) in [6.45, 7) is 1.72. The Morgan fingerprint density at radius 2 is 2.04 bits per heavy atom. The SMILES string of the molecule is O=C(Nc1nccs1)C1CCCN1C(=O)c1ccc2c(c1)OCCCO2. The highest BCUT2D eigenvalue weighted by molar-refractivity contribution is 7.13. The Balaban J connectivity index is 1.51. The van der Waals surface area contributed by atoms with Gasteiger partial charge in [0.25, 0.3) is 5.91 Å². The van der Waals surface area contributed by atoms with Crippen LogP contribution in [0.5, 0.6) is 11.5 Å². The first-order chi connectivity index (χ1) is 12.7. The molecule has 1 aromatic carbocycles. The summed E-state index contributed by atoms with van der Waals surface area (Å²) < 4.78 is 11.3.